The predicted molar refractivity (Wildman–Crippen MR) is 98.0 cm³/mol. The van der Waals surface area contributed by atoms with E-state index in [4.69, 9.17) is 5.26 Å². The van der Waals surface area contributed by atoms with E-state index in [-0.39, 0.29) is 0 Å². The Kier molecular flexibility index (Phi) is 9.25. The lowest BCUT2D eigenvalue weighted by molar-refractivity contribution is 1.05. The summed E-state index contributed by atoms with van der Waals surface area (Å²) in [6.07, 6.45) is 10.6. The molecule has 0 aliphatic heterocycles. The highest BCUT2D eigenvalue weighted by Gasteiger charge is 1.93. The standard InChI is InChI=1S/C5H5N3.3C4H6N2/c1-4-3-7-8-5(4)2-6;2*1-4-2-5-6-3-4;1-4-2-3-5-6-4/h3H,1H3,(H,7,8);3*2-3H,1H3,(H,5,6). The smallest absolute Gasteiger partial charge is 0.138 e. The quantitative estimate of drug-likeness (QED) is 0.385. The Balaban J connectivity index is 0.000000175. The first-order valence-corrected chi connectivity index (χ1v) is 7.79. The fourth-order valence-electron chi connectivity index (χ4n) is 1.42. The minimum atomic E-state index is 0.546. The van der Waals surface area contributed by atoms with E-state index < -0.39 is 0 Å². The van der Waals surface area contributed by atoms with Gasteiger partial charge in [-0.1, -0.05) is 0 Å². The van der Waals surface area contributed by atoms with E-state index in [2.05, 4.69) is 40.8 Å². The highest BCUT2D eigenvalue weighted by Crippen LogP contribution is 1.97. The molecule has 4 N–H and O–H groups in total. The third-order valence-electron chi connectivity index (χ3n) is 2.85. The van der Waals surface area contributed by atoms with Gasteiger partial charge in [0.25, 0.3) is 0 Å². The predicted octanol–water partition coefficient (Wildman–Crippen LogP) is 2.74. The molecule has 26 heavy (non-hydrogen) atoms. The van der Waals surface area contributed by atoms with Gasteiger partial charge in [-0.05, 0) is 44.9 Å². The van der Waals surface area contributed by atoms with Crippen LogP contribution in [0.5, 0.6) is 0 Å². The molecule has 136 valence electrons. The van der Waals surface area contributed by atoms with E-state index in [9.17, 15) is 0 Å². The van der Waals surface area contributed by atoms with Crippen LogP contribution in [0.2, 0.25) is 0 Å². The van der Waals surface area contributed by atoms with Crippen molar-refractivity contribution < 1.29 is 0 Å². The molecule has 9 heteroatoms. The van der Waals surface area contributed by atoms with E-state index in [1.165, 1.54) is 11.1 Å². The Morgan fingerprint density at radius 2 is 1.42 bits per heavy atom. The van der Waals surface area contributed by atoms with Crippen molar-refractivity contribution in [1.29, 1.82) is 5.26 Å². The molecule has 0 radical (unpaired) electrons. The average molecular weight is 353 g/mol. The minimum absolute atomic E-state index is 0.546. The van der Waals surface area contributed by atoms with E-state index in [0.29, 0.717) is 5.69 Å². The van der Waals surface area contributed by atoms with Gasteiger partial charge in [0.15, 0.2) is 0 Å². The first kappa shape index (κ1) is 20.4. The SMILES string of the molecule is Cc1ccn[nH]1.Cc1cn[nH]c1.Cc1cn[nH]c1.Cc1cn[nH]c1C#N. The van der Waals surface area contributed by atoms with Crippen LogP contribution in [0, 0.1) is 39.0 Å². The van der Waals surface area contributed by atoms with Gasteiger partial charge in [0, 0.05) is 29.8 Å². The second kappa shape index (κ2) is 11.8. The summed E-state index contributed by atoms with van der Waals surface area (Å²) in [4.78, 5) is 0. The summed E-state index contributed by atoms with van der Waals surface area (Å²) in [7, 11) is 0. The van der Waals surface area contributed by atoms with Crippen LogP contribution < -0.4 is 0 Å². The van der Waals surface area contributed by atoms with Gasteiger partial charge in [0.1, 0.15) is 11.8 Å². The molecular formula is C17H23N9. The number of nitriles is 1. The van der Waals surface area contributed by atoms with E-state index in [1.54, 1.807) is 24.8 Å². The number of rotatable bonds is 0. The average Bonchev–Trinajstić information content (AvgIpc) is 3.40. The number of aryl methyl sites for hydroxylation is 4. The van der Waals surface area contributed by atoms with Gasteiger partial charge in [-0.15, -0.1) is 0 Å². The van der Waals surface area contributed by atoms with Crippen molar-refractivity contribution in [2.75, 3.05) is 0 Å². The molecule has 0 aromatic carbocycles. The molecule has 0 saturated carbocycles. The molecule has 4 aromatic heterocycles. The van der Waals surface area contributed by atoms with E-state index >= 15 is 0 Å². The summed E-state index contributed by atoms with van der Waals surface area (Å²) in [6, 6.07) is 3.87. The number of nitrogens with one attached hydrogen (secondary N) is 4. The molecule has 0 aliphatic rings. The molecule has 0 aliphatic carbocycles. The summed E-state index contributed by atoms with van der Waals surface area (Å²) in [5.74, 6) is 0. The van der Waals surface area contributed by atoms with Gasteiger partial charge in [0.2, 0.25) is 0 Å². The van der Waals surface area contributed by atoms with Gasteiger partial charge in [0.05, 0.1) is 18.6 Å². The summed E-state index contributed by atoms with van der Waals surface area (Å²) in [6.45, 7) is 7.78. The number of nitrogens with zero attached hydrogens (tertiary/aromatic N) is 5. The first-order chi connectivity index (χ1) is 12.5. The molecule has 0 saturated heterocycles. The van der Waals surface area contributed by atoms with Crippen LogP contribution in [-0.2, 0) is 0 Å². The van der Waals surface area contributed by atoms with Crippen molar-refractivity contribution in [2.45, 2.75) is 27.7 Å². The Labute approximate surface area is 151 Å². The molecular weight excluding hydrogens is 330 g/mol. The van der Waals surface area contributed by atoms with Crippen LogP contribution >= 0.6 is 0 Å². The Bertz CT molecular complexity index is 758. The number of aromatic amines is 4. The van der Waals surface area contributed by atoms with Crippen molar-refractivity contribution >= 4 is 0 Å². The molecule has 4 heterocycles. The van der Waals surface area contributed by atoms with Crippen LogP contribution in [0.1, 0.15) is 28.1 Å². The maximum absolute atomic E-state index is 8.29. The molecule has 4 aromatic rings. The van der Waals surface area contributed by atoms with Gasteiger partial charge in [-0.3, -0.25) is 20.4 Å². The normalized spacial score (nSPS) is 8.73. The fraction of sp³-hybridized carbons (Fsp3) is 0.235. The maximum atomic E-state index is 8.29. The molecule has 0 amide bonds. The Morgan fingerprint density at radius 1 is 0.808 bits per heavy atom. The summed E-state index contributed by atoms with van der Waals surface area (Å²) < 4.78 is 0. The summed E-state index contributed by atoms with van der Waals surface area (Å²) in [5, 5.41) is 33.7. The van der Waals surface area contributed by atoms with Crippen LogP contribution in [0.3, 0.4) is 0 Å². The van der Waals surface area contributed by atoms with E-state index in [0.717, 1.165) is 11.3 Å². The third-order valence-corrected chi connectivity index (χ3v) is 2.85. The van der Waals surface area contributed by atoms with Gasteiger partial charge >= 0.3 is 0 Å². The number of H-pyrrole nitrogens is 4. The van der Waals surface area contributed by atoms with Crippen molar-refractivity contribution in [3.05, 3.63) is 71.3 Å². The van der Waals surface area contributed by atoms with Crippen LogP contribution in [-0.4, -0.2) is 40.8 Å². The van der Waals surface area contributed by atoms with Gasteiger partial charge in [-0.25, -0.2) is 0 Å². The lowest BCUT2D eigenvalue weighted by Crippen LogP contribution is -1.74. The zero-order valence-corrected chi connectivity index (χ0v) is 15.3. The molecule has 4 rings (SSSR count). The monoisotopic (exact) mass is 353 g/mol. The maximum Gasteiger partial charge on any atom is 0.138 e. The second-order valence-electron chi connectivity index (χ2n) is 5.33. The van der Waals surface area contributed by atoms with Crippen molar-refractivity contribution in [3.8, 4) is 6.07 Å². The summed E-state index contributed by atoms with van der Waals surface area (Å²) >= 11 is 0. The number of hydrogen-bond donors (Lipinski definition) is 4. The molecule has 0 bridgehead atoms. The van der Waals surface area contributed by atoms with Crippen LogP contribution in [0.15, 0.2) is 43.2 Å². The molecule has 9 nitrogen and oxygen atoms in total. The van der Waals surface area contributed by atoms with Gasteiger partial charge < -0.3 is 0 Å². The number of aromatic nitrogens is 8. The topological polar surface area (TPSA) is 139 Å². The second-order valence-corrected chi connectivity index (χ2v) is 5.33. The molecule has 0 fully saturated rings. The van der Waals surface area contributed by atoms with Crippen molar-refractivity contribution in [1.82, 2.24) is 40.8 Å². The molecule has 0 atom stereocenters. The van der Waals surface area contributed by atoms with Gasteiger partial charge in [-0.2, -0.15) is 25.7 Å². The number of hydrogen-bond acceptors (Lipinski definition) is 5. The third kappa shape index (κ3) is 8.83. The Hall–Kier alpha value is -3.67. The highest BCUT2D eigenvalue weighted by atomic mass is 15.1. The lowest BCUT2D eigenvalue weighted by atomic mass is 10.3. The lowest BCUT2D eigenvalue weighted by Gasteiger charge is -1.75. The zero-order chi connectivity index (χ0) is 19.2. The zero-order valence-electron chi connectivity index (χ0n) is 15.3. The van der Waals surface area contributed by atoms with Crippen LogP contribution in [0.25, 0.3) is 0 Å². The molecule has 0 unspecified atom stereocenters. The fourth-order valence-corrected chi connectivity index (χ4v) is 1.42. The molecule has 0 spiro atoms. The van der Waals surface area contributed by atoms with Crippen LogP contribution in [0.4, 0.5) is 0 Å². The largest absolute Gasteiger partial charge is 0.285 e. The van der Waals surface area contributed by atoms with Crippen molar-refractivity contribution in [3.63, 3.8) is 0 Å². The Morgan fingerprint density at radius 3 is 1.58 bits per heavy atom. The first-order valence-electron chi connectivity index (χ1n) is 7.79. The van der Waals surface area contributed by atoms with Crippen molar-refractivity contribution in [2.24, 2.45) is 0 Å². The highest BCUT2D eigenvalue weighted by molar-refractivity contribution is 5.26. The summed E-state index contributed by atoms with van der Waals surface area (Å²) in [5.41, 5.74) is 4.90. The van der Waals surface area contributed by atoms with E-state index in [1.807, 2.05) is 52.2 Å². The minimum Gasteiger partial charge on any atom is -0.285 e.